The van der Waals surface area contributed by atoms with Gasteiger partial charge in [-0.05, 0) is 24.1 Å². The van der Waals surface area contributed by atoms with E-state index >= 15 is 0 Å². The first-order valence-electron chi connectivity index (χ1n) is 7.79. The number of nitrogens with one attached hydrogen (secondary N) is 1. The first kappa shape index (κ1) is 19.2. The Balaban J connectivity index is 1.85. The number of rotatable bonds is 7. The van der Waals surface area contributed by atoms with Crippen molar-refractivity contribution >= 4 is 27.5 Å². The Morgan fingerprint density at radius 1 is 1.29 bits per heavy atom. The lowest BCUT2D eigenvalue weighted by Gasteiger charge is -2.21. The zero-order valence-electron chi connectivity index (χ0n) is 13.9. The van der Waals surface area contributed by atoms with Gasteiger partial charge in [-0.1, -0.05) is 23.7 Å². The number of hydrogen-bond donors (Lipinski definition) is 1. The van der Waals surface area contributed by atoms with Crippen molar-refractivity contribution in [3.05, 3.63) is 34.9 Å². The molecule has 0 unspecified atom stereocenters. The van der Waals surface area contributed by atoms with E-state index < -0.39 is 10.0 Å². The molecule has 0 aromatic heterocycles. The van der Waals surface area contributed by atoms with E-state index in [1.54, 1.807) is 12.1 Å². The minimum absolute atomic E-state index is 0.0257. The fraction of sp³-hybridized carbons (Fsp3) is 0.562. The van der Waals surface area contributed by atoms with Crippen LogP contribution in [0.1, 0.15) is 12.0 Å². The summed E-state index contributed by atoms with van der Waals surface area (Å²) in [7, 11) is -0.311. The minimum atomic E-state index is -3.32. The van der Waals surface area contributed by atoms with Gasteiger partial charge < -0.3 is 10.1 Å². The van der Waals surface area contributed by atoms with E-state index in [1.165, 1.54) is 18.4 Å². The Labute approximate surface area is 148 Å². The molecule has 134 valence electrons. The monoisotopic (exact) mass is 374 g/mol. The van der Waals surface area contributed by atoms with Gasteiger partial charge in [-0.25, -0.2) is 12.7 Å². The maximum absolute atomic E-state index is 12.1. The van der Waals surface area contributed by atoms with Gasteiger partial charge in [0, 0.05) is 31.5 Å². The molecule has 0 radical (unpaired) electrons. The SMILES string of the molecule is CN(C)S(=O)(=O)C[C@@H]1COC[C@@H]1NC(=O)CCc1ccc(Cl)cc1. The molecule has 8 heteroatoms. The summed E-state index contributed by atoms with van der Waals surface area (Å²) in [5.74, 6) is -0.355. The molecule has 1 aliphatic heterocycles. The predicted molar refractivity (Wildman–Crippen MR) is 93.5 cm³/mol. The molecule has 1 aromatic carbocycles. The van der Waals surface area contributed by atoms with Crippen LogP contribution in [0.4, 0.5) is 0 Å². The third-order valence-electron chi connectivity index (χ3n) is 4.08. The lowest BCUT2D eigenvalue weighted by molar-refractivity contribution is -0.121. The van der Waals surface area contributed by atoms with E-state index in [-0.39, 0.29) is 23.6 Å². The van der Waals surface area contributed by atoms with E-state index in [4.69, 9.17) is 16.3 Å². The molecule has 2 rings (SSSR count). The fourth-order valence-electron chi connectivity index (χ4n) is 2.53. The molecular weight excluding hydrogens is 352 g/mol. The Morgan fingerprint density at radius 2 is 1.96 bits per heavy atom. The van der Waals surface area contributed by atoms with Crippen LogP contribution in [0.3, 0.4) is 0 Å². The first-order chi connectivity index (χ1) is 11.3. The van der Waals surface area contributed by atoms with Gasteiger partial charge in [0.15, 0.2) is 0 Å². The van der Waals surface area contributed by atoms with Crippen LogP contribution >= 0.6 is 11.6 Å². The van der Waals surface area contributed by atoms with E-state index in [0.29, 0.717) is 31.1 Å². The lowest BCUT2D eigenvalue weighted by atomic mass is 10.1. The number of hydrogen-bond acceptors (Lipinski definition) is 4. The highest BCUT2D eigenvalue weighted by Crippen LogP contribution is 2.18. The minimum Gasteiger partial charge on any atom is -0.379 e. The van der Waals surface area contributed by atoms with Crippen LogP contribution in [-0.2, 0) is 26.0 Å². The standard InChI is InChI=1S/C16H23ClN2O4S/c1-19(2)24(21,22)11-13-9-23-10-15(13)18-16(20)8-5-12-3-6-14(17)7-4-12/h3-4,6-7,13,15H,5,8-11H2,1-2H3,(H,18,20)/t13-,15-/m0/s1. The van der Waals surface area contributed by atoms with E-state index in [9.17, 15) is 13.2 Å². The number of benzene rings is 1. The van der Waals surface area contributed by atoms with Gasteiger partial charge in [0.1, 0.15) is 0 Å². The van der Waals surface area contributed by atoms with E-state index in [1.807, 2.05) is 12.1 Å². The number of sulfonamides is 1. The van der Waals surface area contributed by atoms with Crippen molar-refractivity contribution in [2.75, 3.05) is 33.1 Å². The third kappa shape index (κ3) is 5.44. The Bertz CT molecular complexity index is 661. The molecule has 1 aliphatic rings. The van der Waals surface area contributed by atoms with E-state index in [0.717, 1.165) is 5.56 Å². The highest BCUT2D eigenvalue weighted by Gasteiger charge is 2.33. The molecule has 2 atom stereocenters. The van der Waals surface area contributed by atoms with Gasteiger partial charge in [-0.3, -0.25) is 4.79 Å². The number of carbonyl (C=O) groups excluding carboxylic acids is 1. The fourth-order valence-corrected chi connectivity index (χ4v) is 3.82. The zero-order chi connectivity index (χ0) is 17.7. The van der Waals surface area contributed by atoms with Crippen molar-refractivity contribution in [3.63, 3.8) is 0 Å². The van der Waals surface area contributed by atoms with Crippen molar-refractivity contribution in [2.45, 2.75) is 18.9 Å². The Hall–Kier alpha value is -1.15. The molecule has 1 N–H and O–H groups in total. The molecule has 6 nitrogen and oxygen atoms in total. The molecule has 24 heavy (non-hydrogen) atoms. The second-order valence-electron chi connectivity index (χ2n) is 6.16. The van der Waals surface area contributed by atoms with Gasteiger partial charge in [0.05, 0.1) is 25.0 Å². The van der Waals surface area contributed by atoms with Gasteiger partial charge in [0.25, 0.3) is 0 Å². The summed E-state index contributed by atoms with van der Waals surface area (Å²) in [6.45, 7) is 0.690. The smallest absolute Gasteiger partial charge is 0.220 e. The molecule has 1 heterocycles. The highest BCUT2D eigenvalue weighted by molar-refractivity contribution is 7.89. The van der Waals surface area contributed by atoms with Crippen molar-refractivity contribution in [2.24, 2.45) is 5.92 Å². The summed E-state index contributed by atoms with van der Waals surface area (Å²) in [5, 5.41) is 3.56. The van der Waals surface area contributed by atoms with Crippen LogP contribution in [-0.4, -0.2) is 57.7 Å². The number of carbonyl (C=O) groups is 1. The Morgan fingerprint density at radius 3 is 2.58 bits per heavy atom. The molecule has 1 saturated heterocycles. The average molecular weight is 375 g/mol. The molecular formula is C16H23ClN2O4S. The van der Waals surface area contributed by atoms with Gasteiger partial charge >= 0.3 is 0 Å². The van der Waals surface area contributed by atoms with Crippen molar-refractivity contribution in [1.29, 1.82) is 0 Å². The van der Waals surface area contributed by atoms with Crippen LogP contribution in [0.5, 0.6) is 0 Å². The van der Waals surface area contributed by atoms with Crippen LogP contribution in [0, 0.1) is 5.92 Å². The van der Waals surface area contributed by atoms with Gasteiger partial charge in [-0.2, -0.15) is 0 Å². The number of amides is 1. The summed E-state index contributed by atoms with van der Waals surface area (Å²) in [4.78, 5) is 12.1. The number of halogens is 1. The first-order valence-corrected chi connectivity index (χ1v) is 9.78. The summed E-state index contributed by atoms with van der Waals surface area (Å²) in [5.41, 5.74) is 1.03. The summed E-state index contributed by atoms with van der Waals surface area (Å²) in [6.07, 6.45) is 0.947. The second-order valence-corrected chi connectivity index (χ2v) is 8.82. The largest absolute Gasteiger partial charge is 0.379 e. The quantitative estimate of drug-likeness (QED) is 0.780. The van der Waals surface area contributed by atoms with Crippen LogP contribution < -0.4 is 5.32 Å². The maximum Gasteiger partial charge on any atom is 0.220 e. The molecule has 0 bridgehead atoms. The van der Waals surface area contributed by atoms with Gasteiger partial charge in [-0.15, -0.1) is 0 Å². The number of aryl methyl sites for hydroxylation is 1. The second kappa shape index (κ2) is 8.29. The molecule has 1 fully saturated rings. The summed E-state index contributed by atoms with van der Waals surface area (Å²) < 4.78 is 30.6. The normalized spacial score (nSPS) is 21.2. The topological polar surface area (TPSA) is 75.7 Å². The lowest BCUT2D eigenvalue weighted by Crippen LogP contribution is -2.43. The molecule has 0 spiro atoms. The number of nitrogens with zero attached hydrogens (tertiary/aromatic N) is 1. The third-order valence-corrected chi connectivity index (χ3v) is 6.29. The highest BCUT2D eigenvalue weighted by atomic mass is 35.5. The maximum atomic E-state index is 12.1. The predicted octanol–water partition coefficient (Wildman–Crippen LogP) is 1.30. The summed E-state index contributed by atoms with van der Waals surface area (Å²) in [6, 6.07) is 7.10. The Kier molecular flexibility index (Phi) is 6.62. The van der Waals surface area contributed by atoms with E-state index in [2.05, 4.69) is 5.32 Å². The van der Waals surface area contributed by atoms with Crippen molar-refractivity contribution < 1.29 is 17.9 Å². The van der Waals surface area contributed by atoms with Crippen molar-refractivity contribution in [3.8, 4) is 0 Å². The summed E-state index contributed by atoms with van der Waals surface area (Å²) >= 11 is 5.83. The van der Waals surface area contributed by atoms with Crippen molar-refractivity contribution in [1.82, 2.24) is 9.62 Å². The molecule has 1 aromatic rings. The van der Waals surface area contributed by atoms with Crippen LogP contribution in [0.2, 0.25) is 5.02 Å². The zero-order valence-corrected chi connectivity index (χ0v) is 15.4. The molecule has 1 amide bonds. The number of ether oxygens (including phenoxy) is 1. The average Bonchev–Trinajstić information content (AvgIpc) is 2.93. The molecule has 0 aliphatic carbocycles. The van der Waals surface area contributed by atoms with Crippen LogP contribution in [0.25, 0.3) is 0 Å². The molecule has 0 saturated carbocycles. The van der Waals surface area contributed by atoms with Gasteiger partial charge in [0.2, 0.25) is 15.9 Å². The van der Waals surface area contributed by atoms with Crippen LogP contribution in [0.15, 0.2) is 24.3 Å².